The van der Waals surface area contributed by atoms with Crippen LogP contribution in [0.5, 0.6) is 11.5 Å². The second-order valence-corrected chi connectivity index (χ2v) is 7.13. The van der Waals surface area contributed by atoms with Gasteiger partial charge in [0.25, 0.3) is 5.91 Å². The molecule has 9 nitrogen and oxygen atoms in total. The molecular formula is C23H25N5O4. The first-order valence-electron chi connectivity index (χ1n) is 9.78. The fraction of sp³-hybridized carbons (Fsp3) is 0.217. The Labute approximate surface area is 185 Å². The van der Waals surface area contributed by atoms with Crippen LogP contribution in [0.4, 0.5) is 11.5 Å². The molecule has 2 heterocycles. The average Bonchev–Trinajstić information content (AvgIpc) is 2.79. The molecule has 0 aliphatic heterocycles. The molecule has 0 spiro atoms. The number of carbonyl (C=O) groups excluding carboxylic acids is 1. The van der Waals surface area contributed by atoms with Gasteiger partial charge in [0.15, 0.2) is 0 Å². The van der Waals surface area contributed by atoms with Crippen molar-refractivity contribution < 1.29 is 19.4 Å². The predicted molar refractivity (Wildman–Crippen MR) is 123 cm³/mol. The summed E-state index contributed by atoms with van der Waals surface area (Å²) in [7, 11) is 3.03. The van der Waals surface area contributed by atoms with Gasteiger partial charge in [0.2, 0.25) is 0 Å². The number of nitrogens with zero attached hydrogens (tertiary/aromatic N) is 2. The summed E-state index contributed by atoms with van der Waals surface area (Å²) in [4.78, 5) is 21.5. The van der Waals surface area contributed by atoms with Crippen LogP contribution in [0, 0.1) is 12.3 Å². The maximum Gasteiger partial charge on any atom is 0.255 e. The van der Waals surface area contributed by atoms with Crippen LogP contribution in [0.2, 0.25) is 0 Å². The molecule has 2 aromatic heterocycles. The Morgan fingerprint density at radius 3 is 2.38 bits per heavy atom. The van der Waals surface area contributed by atoms with Crippen molar-refractivity contribution >= 4 is 23.1 Å². The number of hydrogen-bond acceptors (Lipinski definition) is 8. The molecule has 0 radical (unpaired) electrons. The minimum Gasteiger partial charge on any atom is -0.497 e. The topological polar surface area (TPSA) is 143 Å². The first-order valence-corrected chi connectivity index (χ1v) is 9.78. The van der Waals surface area contributed by atoms with Crippen molar-refractivity contribution in [3.8, 4) is 22.8 Å². The second-order valence-electron chi connectivity index (χ2n) is 7.13. The van der Waals surface area contributed by atoms with Crippen LogP contribution in [0.15, 0.2) is 42.6 Å². The number of ether oxygens (including phenoxy) is 2. The fourth-order valence-electron chi connectivity index (χ4n) is 3.08. The molecule has 0 fully saturated rings. The zero-order valence-electron chi connectivity index (χ0n) is 18.3. The molecule has 1 unspecified atom stereocenters. The van der Waals surface area contributed by atoms with E-state index in [0.29, 0.717) is 45.3 Å². The van der Waals surface area contributed by atoms with Gasteiger partial charge < -0.3 is 31.0 Å². The average molecular weight is 435 g/mol. The molecule has 0 aliphatic carbocycles. The number of aliphatic hydroxyl groups is 1. The lowest BCUT2D eigenvalue weighted by atomic mass is 10.0. The highest BCUT2D eigenvalue weighted by atomic mass is 16.5. The quantitative estimate of drug-likeness (QED) is 0.418. The van der Waals surface area contributed by atoms with Crippen molar-refractivity contribution in [2.75, 3.05) is 25.3 Å². The Morgan fingerprint density at radius 1 is 1.16 bits per heavy atom. The molecular weight excluding hydrogens is 410 g/mol. The Bertz CT molecular complexity index is 1150. The summed E-state index contributed by atoms with van der Waals surface area (Å²) in [6, 6.07) is 9.99. The number of hydrogen-bond donors (Lipinski definition) is 4. The van der Waals surface area contributed by atoms with Gasteiger partial charge in [-0.25, -0.2) is 4.98 Å². The van der Waals surface area contributed by atoms with Gasteiger partial charge in [-0.2, -0.15) is 0 Å². The van der Waals surface area contributed by atoms with E-state index < -0.39 is 6.10 Å². The number of rotatable bonds is 7. The second kappa shape index (κ2) is 9.44. The molecule has 166 valence electrons. The first-order chi connectivity index (χ1) is 15.2. The highest BCUT2D eigenvalue weighted by Crippen LogP contribution is 2.27. The van der Waals surface area contributed by atoms with Crippen molar-refractivity contribution in [1.29, 1.82) is 5.41 Å². The smallest absolute Gasteiger partial charge is 0.255 e. The van der Waals surface area contributed by atoms with Crippen LogP contribution >= 0.6 is 0 Å². The molecule has 0 saturated carbocycles. The van der Waals surface area contributed by atoms with Gasteiger partial charge in [-0.3, -0.25) is 9.78 Å². The van der Waals surface area contributed by atoms with E-state index in [0.717, 1.165) is 0 Å². The number of nitrogens with one attached hydrogen (secondary N) is 2. The van der Waals surface area contributed by atoms with Crippen LogP contribution in [-0.4, -0.2) is 47.0 Å². The van der Waals surface area contributed by atoms with E-state index in [-0.39, 0.29) is 17.4 Å². The third-order valence-electron chi connectivity index (χ3n) is 4.87. The van der Waals surface area contributed by atoms with Gasteiger partial charge in [-0.05, 0) is 44.2 Å². The van der Waals surface area contributed by atoms with Crippen molar-refractivity contribution in [2.45, 2.75) is 20.0 Å². The summed E-state index contributed by atoms with van der Waals surface area (Å²) in [5.74, 6) is 0.775. The molecule has 0 saturated heterocycles. The number of aryl methyl sites for hydroxylation is 1. The van der Waals surface area contributed by atoms with Gasteiger partial charge in [-0.15, -0.1) is 0 Å². The first kappa shape index (κ1) is 22.7. The van der Waals surface area contributed by atoms with E-state index in [4.69, 9.17) is 20.6 Å². The van der Waals surface area contributed by atoms with Crippen LogP contribution in [0.1, 0.15) is 28.5 Å². The largest absolute Gasteiger partial charge is 0.497 e. The van der Waals surface area contributed by atoms with Gasteiger partial charge in [0, 0.05) is 28.5 Å². The van der Waals surface area contributed by atoms with Crippen LogP contribution in [-0.2, 0) is 0 Å². The molecule has 1 aromatic carbocycles. The van der Waals surface area contributed by atoms with Crippen molar-refractivity contribution in [3.05, 3.63) is 59.4 Å². The summed E-state index contributed by atoms with van der Waals surface area (Å²) in [6.45, 7) is 3.31. The Morgan fingerprint density at radius 2 is 1.81 bits per heavy atom. The van der Waals surface area contributed by atoms with E-state index >= 15 is 0 Å². The fourth-order valence-corrected chi connectivity index (χ4v) is 3.08. The number of aliphatic hydroxyl groups excluding tert-OH is 1. The third-order valence-corrected chi connectivity index (χ3v) is 4.87. The summed E-state index contributed by atoms with van der Waals surface area (Å²) < 4.78 is 10.4. The zero-order chi connectivity index (χ0) is 23.4. The monoisotopic (exact) mass is 435 g/mol. The lowest BCUT2D eigenvalue weighted by molar-refractivity contribution is 0.102. The molecule has 1 amide bonds. The van der Waals surface area contributed by atoms with E-state index in [1.807, 2.05) is 6.92 Å². The molecule has 5 N–H and O–H groups in total. The highest BCUT2D eigenvalue weighted by Gasteiger charge is 2.16. The summed E-state index contributed by atoms with van der Waals surface area (Å²) >= 11 is 0. The summed E-state index contributed by atoms with van der Waals surface area (Å²) in [5.41, 5.74) is 9.12. The minimum atomic E-state index is -0.956. The number of nitrogen functional groups attached to an aromatic ring is 1. The molecule has 9 heteroatoms. The molecule has 1 atom stereocenters. The number of carbonyl (C=O) groups is 1. The number of pyridine rings is 2. The number of amides is 1. The van der Waals surface area contributed by atoms with Gasteiger partial charge >= 0.3 is 0 Å². The van der Waals surface area contributed by atoms with E-state index in [9.17, 15) is 9.90 Å². The lowest BCUT2D eigenvalue weighted by Crippen LogP contribution is -2.18. The number of benzene rings is 1. The van der Waals surface area contributed by atoms with Gasteiger partial charge in [0.1, 0.15) is 17.3 Å². The van der Waals surface area contributed by atoms with Crippen molar-refractivity contribution in [1.82, 2.24) is 9.97 Å². The van der Waals surface area contributed by atoms with E-state index in [2.05, 4.69) is 15.3 Å². The number of nitrogens with two attached hydrogens (primary N) is 1. The van der Waals surface area contributed by atoms with Crippen molar-refractivity contribution in [2.24, 2.45) is 0 Å². The highest BCUT2D eigenvalue weighted by molar-refractivity contribution is 6.05. The van der Waals surface area contributed by atoms with E-state index in [1.54, 1.807) is 42.6 Å². The molecule has 0 bridgehead atoms. The summed E-state index contributed by atoms with van der Waals surface area (Å²) in [5, 5.41) is 20.4. The molecule has 0 aliphatic rings. The van der Waals surface area contributed by atoms with E-state index in [1.165, 1.54) is 21.1 Å². The molecule has 3 rings (SSSR count). The summed E-state index contributed by atoms with van der Waals surface area (Å²) in [6.07, 6.45) is 0.594. The lowest BCUT2D eigenvalue weighted by Gasteiger charge is -2.13. The molecule has 3 aromatic rings. The maximum absolute atomic E-state index is 12.8. The zero-order valence-corrected chi connectivity index (χ0v) is 18.3. The maximum atomic E-state index is 12.8. The Balaban J connectivity index is 1.90. The molecule has 32 heavy (non-hydrogen) atoms. The van der Waals surface area contributed by atoms with Crippen LogP contribution in [0.25, 0.3) is 11.3 Å². The Hall–Kier alpha value is -3.98. The minimum absolute atomic E-state index is 0.00821. The Kier molecular flexibility index (Phi) is 6.70. The number of methoxy groups -OCH3 is 2. The van der Waals surface area contributed by atoms with Crippen LogP contribution < -0.4 is 20.5 Å². The van der Waals surface area contributed by atoms with Gasteiger partial charge in [-0.1, -0.05) is 0 Å². The number of aromatic nitrogens is 2. The standard InChI is InChI=1S/C23H25N5O4/c1-12-19(20-6-5-18(22(25)28-20)21(24)13(2)29)9-15(11-26-12)27-23(30)14-7-16(31-3)10-17(8-14)32-4/h5-11,13,24,29H,1-4H3,(H2,25,28)(H,27,30). The third kappa shape index (κ3) is 4.84. The predicted octanol–water partition coefficient (Wildman–Crippen LogP) is 3.05. The van der Waals surface area contributed by atoms with Gasteiger partial charge in [0.05, 0.1) is 43.6 Å². The van der Waals surface area contributed by atoms with Crippen molar-refractivity contribution in [3.63, 3.8) is 0 Å². The SMILES string of the molecule is COc1cc(OC)cc(C(=O)Nc2cnc(C)c(-c3ccc(C(=N)C(C)O)c(N)n3)c2)c1. The normalized spacial score (nSPS) is 11.5. The van der Waals surface area contributed by atoms with Crippen LogP contribution in [0.3, 0.4) is 0 Å². The number of anilines is 2.